The van der Waals surface area contributed by atoms with Crippen molar-refractivity contribution in [3.8, 4) is 0 Å². The fourth-order valence-corrected chi connectivity index (χ4v) is 4.65. The van der Waals surface area contributed by atoms with E-state index >= 15 is 0 Å². The van der Waals surface area contributed by atoms with E-state index in [-0.39, 0.29) is 10.8 Å². The van der Waals surface area contributed by atoms with Gasteiger partial charge in [0.05, 0.1) is 12.0 Å². The third-order valence-electron chi connectivity index (χ3n) is 4.62. The number of hydrogen-bond acceptors (Lipinski definition) is 6. The number of carbonyl (C=O) groups excluding carboxylic acids is 1. The monoisotopic (exact) mass is 409 g/mol. The highest BCUT2D eigenvalue weighted by Gasteiger charge is 2.25. The number of benzene rings is 1. The van der Waals surface area contributed by atoms with Gasteiger partial charge in [0.25, 0.3) is 15.9 Å². The molecule has 2 heterocycles. The third kappa shape index (κ3) is 4.56. The zero-order valence-electron chi connectivity index (χ0n) is 15.4. The van der Waals surface area contributed by atoms with Crippen LogP contribution in [0.4, 0.5) is 0 Å². The number of thiophene rings is 1. The van der Waals surface area contributed by atoms with Gasteiger partial charge >= 0.3 is 0 Å². The van der Waals surface area contributed by atoms with Crippen molar-refractivity contribution in [1.29, 1.82) is 0 Å². The minimum absolute atomic E-state index is 0.0359. The van der Waals surface area contributed by atoms with Gasteiger partial charge in [-0.25, -0.2) is 8.42 Å². The molecular weight excluding hydrogens is 386 g/mol. The van der Waals surface area contributed by atoms with Crippen molar-refractivity contribution < 1.29 is 18.0 Å². The number of rotatable bonds is 6. The van der Waals surface area contributed by atoms with E-state index in [1.807, 2.05) is 0 Å². The molecule has 9 heteroatoms. The molecule has 0 unspecified atom stereocenters. The van der Waals surface area contributed by atoms with Crippen molar-refractivity contribution in [2.75, 3.05) is 40.3 Å². The average molecular weight is 410 g/mol. The lowest BCUT2D eigenvalue weighted by molar-refractivity contribution is -0.0258. The van der Waals surface area contributed by atoms with E-state index in [0.29, 0.717) is 18.7 Å². The predicted octanol–water partition coefficient (Wildman–Crippen LogP) is 1.89. The van der Waals surface area contributed by atoms with Crippen LogP contribution < -0.4 is 0 Å². The van der Waals surface area contributed by atoms with Crippen LogP contribution in [0.3, 0.4) is 0 Å². The zero-order valence-corrected chi connectivity index (χ0v) is 17.0. The summed E-state index contributed by atoms with van der Waals surface area (Å²) in [4.78, 5) is 21.7. The second kappa shape index (κ2) is 8.49. The molecule has 3 rings (SSSR count). The molecule has 0 aliphatic carbocycles. The summed E-state index contributed by atoms with van der Waals surface area (Å²) >= 11 is 1.69. The van der Waals surface area contributed by atoms with E-state index in [1.165, 1.54) is 31.9 Å². The molecule has 1 aliphatic rings. The largest absolute Gasteiger partial charge is 0.336 e. The number of piperazine rings is 1. The highest BCUT2D eigenvalue weighted by atomic mass is 32.2. The van der Waals surface area contributed by atoms with Gasteiger partial charge in [-0.15, -0.1) is 0 Å². The number of carbonyl (C=O) groups is 1. The Morgan fingerprint density at radius 2 is 1.96 bits per heavy atom. The molecule has 0 atom stereocenters. The van der Waals surface area contributed by atoms with Gasteiger partial charge in [0.15, 0.2) is 0 Å². The first-order valence-corrected chi connectivity index (χ1v) is 11.0. The molecule has 146 valence electrons. The van der Waals surface area contributed by atoms with Gasteiger partial charge in [-0.3, -0.25) is 14.5 Å². The molecule has 1 saturated heterocycles. The standard InChI is InChI=1S/C18H23N3O4S2/c1-19(25-2)27(23,24)17-5-3-4-16(12-17)18(22)21-9-7-20(8-10-21)13-15-6-11-26-14-15/h3-6,11-12,14H,7-10,13H2,1-2H3. The highest BCUT2D eigenvalue weighted by Crippen LogP contribution is 2.18. The molecule has 2 aromatic rings. The van der Waals surface area contributed by atoms with Crippen molar-refractivity contribution in [2.24, 2.45) is 0 Å². The first-order chi connectivity index (χ1) is 12.9. The van der Waals surface area contributed by atoms with Crippen LogP contribution in [0, 0.1) is 0 Å². The SMILES string of the molecule is CON(C)S(=O)(=O)c1cccc(C(=O)N2CCN(Cc3ccsc3)CC2)c1. The Balaban J connectivity index is 1.66. The summed E-state index contributed by atoms with van der Waals surface area (Å²) in [5, 5.41) is 4.21. The lowest BCUT2D eigenvalue weighted by atomic mass is 10.1. The van der Waals surface area contributed by atoms with E-state index < -0.39 is 10.0 Å². The Bertz CT molecular complexity index is 876. The van der Waals surface area contributed by atoms with Crippen molar-refractivity contribution in [2.45, 2.75) is 11.4 Å². The number of hydrogen-bond donors (Lipinski definition) is 0. The smallest absolute Gasteiger partial charge is 0.264 e. The molecule has 0 spiro atoms. The molecule has 1 aromatic heterocycles. The van der Waals surface area contributed by atoms with E-state index in [4.69, 9.17) is 4.84 Å². The molecule has 1 aromatic carbocycles. The number of hydroxylamine groups is 1. The molecule has 1 fully saturated rings. The summed E-state index contributed by atoms with van der Waals surface area (Å²) in [6.07, 6.45) is 0. The van der Waals surface area contributed by atoms with E-state index in [0.717, 1.165) is 24.1 Å². The van der Waals surface area contributed by atoms with Crippen molar-refractivity contribution >= 4 is 27.3 Å². The molecule has 27 heavy (non-hydrogen) atoms. The Labute approximate surface area is 163 Å². The van der Waals surface area contributed by atoms with Gasteiger partial charge < -0.3 is 4.90 Å². The van der Waals surface area contributed by atoms with Crippen molar-refractivity contribution in [3.05, 3.63) is 52.2 Å². The first kappa shape index (κ1) is 20.0. The third-order valence-corrected chi connectivity index (χ3v) is 7.03. The lowest BCUT2D eigenvalue weighted by Gasteiger charge is -2.34. The van der Waals surface area contributed by atoms with Gasteiger partial charge in [-0.1, -0.05) is 10.5 Å². The maximum absolute atomic E-state index is 12.8. The second-order valence-corrected chi connectivity index (χ2v) is 9.04. The second-order valence-electron chi connectivity index (χ2n) is 6.33. The van der Waals surface area contributed by atoms with E-state index in [9.17, 15) is 13.2 Å². The van der Waals surface area contributed by atoms with Crippen LogP contribution in [0.25, 0.3) is 0 Å². The fourth-order valence-electron chi connectivity index (χ4n) is 2.97. The molecule has 0 N–H and O–H groups in total. The van der Waals surface area contributed by atoms with Crippen LogP contribution in [0.2, 0.25) is 0 Å². The zero-order chi connectivity index (χ0) is 19.4. The summed E-state index contributed by atoms with van der Waals surface area (Å²) < 4.78 is 25.5. The topological polar surface area (TPSA) is 70.2 Å². The van der Waals surface area contributed by atoms with Gasteiger partial charge in [-0.2, -0.15) is 11.3 Å². The highest BCUT2D eigenvalue weighted by molar-refractivity contribution is 7.89. The maximum Gasteiger partial charge on any atom is 0.264 e. The van der Waals surface area contributed by atoms with Crippen molar-refractivity contribution in [3.63, 3.8) is 0 Å². The molecule has 1 aliphatic heterocycles. The van der Waals surface area contributed by atoms with Gasteiger partial charge in [0, 0.05) is 45.3 Å². The Morgan fingerprint density at radius 1 is 1.22 bits per heavy atom. The Kier molecular flexibility index (Phi) is 6.28. The minimum Gasteiger partial charge on any atom is -0.336 e. The fraction of sp³-hybridized carbons (Fsp3) is 0.389. The van der Waals surface area contributed by atoms with Crippen LogP contribution in [-0.4, -0.2) is 68.9 Å². The average Bonchev–Trinajstić information content (AvgIpc) is 3.20. The maximum atomic E-state index is 12.8. The van der Waals surface area contributed by atoms with Crippen LogP contribution in [0.1, 0.15) is 15.9 Å². The van der Waals surface area contributed by atoms with Gasteiger partial charge in [0.1, 0.15) is 0 Å². The van der Waals surface area contributed by atoms with Crippen LogP contribution in [-0.2, 0) is 21.4 Å². The lowest BCUT2D eigenvalue weighted by Crippen LogP contribution is -2.48. The van der Waals surface area contributed by atoms with E-state index in [1.54, 1.807) is 28.4 Å². The Morgan fingerprint density at radius 3 is 2.59 bits per heavy atom. The first-order valence-electron chi connectivity index (χ1n) is 8.57. The summed E-state index contributed by atoms with van der Waals surface area (Å²) in [7, 11) is -1.18. The molecular formula is C18H23N3O4S2. The quantitative estimate of drug-likeness (QED) is 0.682. The number of amides is 1. The Hall–Kier alpha value is -1.78. The molecule has 0 bridgehead atoms. The molecule has 0 saturated carbocycles. The number of nitrogens with zero attached hydrogens (tertiary/aromatic N) is 3. The van der Waals surface area contributed by atoms with Gasteiger partial charge in [0.2, 0.25) is 0 Å². The molecule has 7 nitrogen and oxygen atoms in total. The van der Waals surface area contributed by atoms with Crippen LogP contribution in [0.5, 0.6) is 0 Å². The van der Waals surface area contributed by atoms with Crippen LogP contribution >= 0.6 is 11.3 Å². The summed E-state index contributed by atoms with van der Waals surface area (Å²) in [6, 6.07) is 8.21. The molecule has 0 radical (unpaired) electrons. The summed E-state index contributed by atoms with van der Waals surface area (Å²) in [6.45, 7) is 3.73. The normalized spacial score (nSPS) is 16.0. The molecule has 1 amide bonds. The number of sulfonamides is 1. The minimum atomic E-state index is -3.78. The van der Waals surface area contributed by atoms with Crippen molar-refractivity contribution in [1.82, 2.24) is 14.3 Å². The van der Waals surface area contributed by atoms with E-state index in [2.05, 4.69) is 21.7 Å². The predicted molar refractivity (Wildman–Crippen MR) is 104 cm³/mol. The van der Waals surface area contributed by atoms with Gasteiger partial charge in [-0.05, 0) is 40.6 Å². The summed E-state index contributed by atoms with van der Waals surface area (Å²) in [5.74, 6) is -0.151. The summed E-state index contributed by atoms with van der Waals surface area (Å²) in [5.41, 5.74) is 1.66. The van der Waals surface area contributed by atoms with Crippen LogP contribution in [0.15, 0.2) is 46.0 Å².